The molecule has 2 aliphatic rings. The van der Waals surface area contributed by atoms with E-state index in [1.165, 1.54) is 24.2 Å². The fourth-order valence-corrected chi connectivity index (χ4v) is 3.01. The highest BCUT2D eigenvalue weighted by Crippen LogP contribution is 2.39. The summed E-state index contributed by atoms with van der Waals surface area (Å²) < 4.78 is 2.34. The Balaban J connectivity index is 1.55. The van der Waals surface area contributed by atoms with Crippen LogP contribution in [-0.2, 0) is 13.1 Å². The Morgan fingerprint density at radius 2 is 2.15 bits per heavy atom. The van der Waals surface area contributed by atoms with Crippen LogP contribution in [0.1, 0.15) is 48.9 Å². The lowest BCUT2D eigenvalue weighted by Crippen LogP contribution is -2.36. The molecule has 1 aliphatic carbocycles. The largest absolute Gasteiger partial charge is 0.312 e. The third-order valence-corrected chi connectivity index (χ3v) is 4.47. The smallest absolute Gasteiger partial charge is 0.147 e. The Hall–Kier alpha value is -1.75. The highest BCUT2D eigenvalue weighted by molar-refractivity contribution is 5.15. The molecule has 4 rings (SSSR count). The summed E-state index contributed by atoms with van der Waals surface area (Å²) in [5.41, 5.74) is 1.27. The van der Waals surface area contributed by atoms with Crippen molar-refractivity contribution in [2.45, 2.75) is 44.8 Å². The normalized spacial score (nSPS) is 20.6. The van der Waals surface area contributed by atoms with Gasteiger partial charge in [-0.25, -0.2) is 0 Å². The molecule has 0 unspecified atom stereocenters. The van der Waals surface area contributed by atoms with Crippen LogP contribution in [0.4, 0.5) is 0 Å². The Morgan fingerprint density at radius 1 is 1.25 bits per heavy atom. The molecule has 0 amide bonds. The summed E-state index contributed by atoms with van der Waals surface area (Å²) in [5, 5.41) is 8.80. The van der Waals surface area contributed by atoms with Crippen LogP contribution in [0.5, 0.6) is 0 Å². The number of hydrogen-bond acceptors (Lipinski definition) is 4. The van der Waals surface area contributed by atoms with E-state index in [2.05, 4.69) is 37.6 Å². The number of rotatable bonds is 3. The van der Waals surface area contributed by atoms with Gasteiger partial charge >= 0.3 is 0 Å². The standard InChI is InChI=1S/C15H19N5/c1-11(13-3-2-6-16-9-13)19-7-8-20-14(10-19)17-18-15(20)12-4-5-12/h2-3,6,9,11-12H,4-5,7-8,10H2,1H3/t11-/m1/s1. The number of fused-ring (bicyclic) bond motifs is 1. The maximum atomic E-state index is 4.40. The molecule has 2 aromatic rings. The fourth-order valence-electron chi connectivity index (χ4n) is 3.01. The van der Waals surface area contributed by atoms with Crippen molar-refractivity contribution in [1.29, 1.82) is 0 Å². The summed E-state index contributed by atoms with van der Waals surface area (Å²) in [4.78, 5) is 6.68. The van der Waals surface area contributed by atoms with Crippen LogP contribution < -0.4 is 0 Å². The van der Waals surface area contributed by atoms with E-state index in [0.29, 0.717) is 12.0 Å². The van der Waals surface area contributed by atoms with Gasteiger partial charge in [-0.2, -0.15) is 0 Å². The SMILES string of the molecule is C[C@H](c1cccnc1)N1CCn2c(nnc2C2CC2)C1. The van der Waals surface area contributed by atoms with Crippen molar-refractivity contribution in [2.24, 2.45) is 0 Å². The van der Waals surface area contributed by atoms with Crippen molar-refractivity contribution in [1.82, 2.24) is 24.6 Å². The zero-order valence-corrected chi connectivity index (χ0v) is 11.7. The Bertz CT molecular complexity index is 602. The van der Waals surface area contributed by atoms with E-state index in [-0.39, 0.29) is 0 Å². The van der Waals surface area contributed by atoms with Gasteiger partial charge in [0, 0.05) is 37.4 Å². The third kappa shape index (κ3) is 2.02. The minimum atomic E-state index is 0.374. The summed E-state index contributed by atoms with van der Waals surface area (Å²) in [5.74, 6) is 3.01. The summed E-state index contributed by atoms with van der Waals surface area (Å²) >= 11 is 0. The lowest BCUT2D eigenvalue weighted by atomic mass is 10.1. The molecule has 5 heteroatoms. The molecule has 0 bridgehead atoms. The molecule has 104 valence electrons. The predicted molar refractivity (Wildman–Crippen MR) is 75.1 cm³/mol. The Morgan fingerprint density at radius 3 is 2.90 bits per heavy atom. The molecule has 0 saturated heterocycles. The number of pyridine rings is 1. The van der Waals surface area contributed by atoms with Crippen molar-refractivity contribution >= 4 is 0 Å². The topological polar surface area (TPSA) is 46.8 Å². The molecule has 0 aromatic carbocycles. The van der Waals surface area contributed by atoms with Gasteiger partial charge in [-0.05, 0) is 31.4 Å². The highest BCUT2D eigenvalue weighted by atomic mass is 15.3. The highest BCUT2D eigenvalue weighted by Gasteiger charge is 2.32. The minimum Gasteiger partial charge on any atom is -0.312 e. The van der Waals surface area contributed by atoms with Crippen LogP contribution in [0.2, 0.25) is 0 Å². The molecule has 1 saturated carbocycles. The van der Waals surface area contributed by atoms with E-state index in [9.17, 15) is 0 Å². The van der Waals surface area contributed by atoms with E-state index in [1.807, 2.05) is 18.5 Å². The average molecular weight is 269 g/mol. The Labute approximate surface area is 118 Å². The van der Waals surface area contributed by atoms with Gasteiger partial charge in [0.2, 0.25) is 0 Å². The van der Waals surface area contributed by atoms with Gasteiger partial charge in [-0.1, -0.05) is 6.07 Å². The van der Waals surface area contributed by atoms with Crippen LogP contribution in [0.3, 0.4) is 0 Å². The van der Waals surface area contributed by atoms with Crippen LogP contribution in [0.25, 0.3) is 0 Å². The number of hydrogen-bond donors (Lipinski definition) is 0. The summed E-state index contributed by atoms with van der Waals surface area (Å²) in [6.07, 6.45) is 6.35. The third-order valence-electron chi connectivity index (χ3n) is 4.47. The average Bonchev–Trinajstić information content (AvgIpc) is 3.26. The maximum Gasteiger partial charge on any atom is 0.147 e. The molecule has 5 nitrogen and oxygen atoms in total. The van der Waals surface area contributed by atoms with E-state index < -0.39 is 0 Å². The number of nitrogens with zero attached hydrogens (tertiary/aromatic N) is 5. The second-order valence-corrected chi connectivity index (χ2v) is 5.83. The summed E-state index contributed by atoms with van der Waals surface area (Å²) in [7, 11) is 0. The van der Waals surface area contributed by atoms with Gasteiger partial charge < -0.3 is 4.57 Å². The molecule has 2 aromatic heterocycles. The van der Waals surface area contributed by atoms with Gasteiger partial charge in [0.15, 0.2) is 0 Å². The molecule has 3 heterocycles. The van der Waals surface area contributed by atoms with Crippen LogP contribution in [-0.4, -0.2) is 31.2 Å². The van der Waals surface area contributed by atoms with E-state index in [4.69, 9.17) is 0 Å². The van der Waals surface area contributed by atoms with Crippen molar-refractivity contribution < 1.29 is 0 Å². The molecule has 20 heavy (non-hydrogen) atoms. The van der Waals surface area contributed by atoms with Gasteiger partial charge in [-0.3, -0.25) is 9.88 Å². The monoisotopic (exact) mass is 269 g/mol. The Kier molecular flexibility index (Phi) is 2.80. The second kappa shape index (κ2) is 4.66. The number of aromatic nitrogens is 4. The van der Waals surface area contributed by atoms with Crippen LogP contribution in [0.15, 0.2) is 24.5 Å². The minimum absolute atomic E-state index is 0.374. The fraction of sp³-hybridized carbons (Fsp3) is 0.533. The summed E-state index contributed by atoms with van der Waals surface area (Å²) in [6.45, 7) is 5.19. The van der Waals surface area contributed by atoms with Crippen LogP contribution in [0, 0.1) is 0 Å². The van der Waals surface area contributed by atoms with Crippen molar-refractivity contribution in [3.8, 4) is 0 Å². The quantitative estimate of drug-likeness (QED) is 0.856. The van der Waals surface area contributed by atoms with Crippen molar-refractivity contribution in [3.05, 3.63) is 41.7 Å². The van der Waals surface area contributed by atoms with E-state index in [0.717, 1.165) is 25.5 Å². The first kappa shape index (κ1) is 12.0. The lowest BCUT2D eigenvalue weighted by Gasteiger charge is -2.32. The van der Waals surface area contributed by atoms with Crippen LogP contribution >= 0.6 is 0 Å². The molecular weight excluding hydrogens is 250 g/mol. The lowest BCUT2D eigenvalue weighted by molar-refractivity contribution is 0.162. The first-order valence-corrected chi connectivity index (χ1v) is 7.39. The van der Waals surface area contributed by atoms with Gasteiger partial charge in [0.25, 0.3) is 0 Å². The second-order valence-electron chi connectivity index (χ2n) is 5.83. The van der Waals surface area contributed by atoms with Gasteiger partial charge in [0.1, 0.15) is 11.6 Å². The molecule has 1 aliphatic heterocycles. The molecule has 1 fully saturated rings. The molecule has 0 spiro atoms. The van der Waals surface area contributed by atoms with Gasteiger partial charge in [-0.15, -0.1) is 10.2 Å². The summed E-state index contributed by atoms with van der Waals surface area (Å²) in [6, 6.07) is 4.52. The molecule has 1 atom stereocenters. The molecule has 0 N–H and O–H groups in total. The zero-order valence-electron chi connectivity index (χ0n) is 11.7. The zero-order chi connectivity index (χ0) is 13.5. The molecular formula is C15H19N5. The van der Waals surface area contributed by atoms with Crippen molar-refractivity contribution in [3.63, 3.8) is 0 Å². The maximum absolute atomic E-state index is 4.40. The predicted octanol–water partition coefficient (Wildman–Crippen LogP) is 2.13. The van der Waals surface area contributed by atoms with Crippen molar-refractivity contribution in [2.75, 3.05) is 6.54 Å². The molecule has 0 radical (unpaired) electrons. The van der Waals surface area contributed by atoms with Gasteiger partial charge in [0.05, 0.1) is 6.54 Å². The first-order valence-electron chi connectivity index (χ1n) is 7.39. The van der Waals surface area contributed by atoms with E-state index >= 15 is 0 Å². The van der Waals surface area contributed by atoms with E-state index in [1.54, 1.807) is 0 Å². The first-order chi connectivity index (χ1) is 9.83.